The highest BCUT2D eigenvalue weighted by molar-refractivity contribution is 5.94. The van der Waals surface area contributed by atoms with E-state index in [4.69, 9.17) is 14.2 Å². The first-order valence-corrected chi connectivity index (χ1v) is 17.4. The van der Waals surface area contributed by atoms with Gasteiger partial charge in [-0.3, -0.25) is 14.4 Å². The van der Waals surface area contributed by atoms with E-state index in [2.05, 4.69) is 0 Å². The van der Waals surface area contributed by atoms with E-state index in [-0.39, 0.29) is 37.0 Å². The predicted octanol–water partition coefficient (Wildman–Crippen LogP) is 4.32. The molecule has 1 aliphatic rings. The zero-order valence-electron chi connectivity index (χ0n) is 32.1. The van der Waals surface area contributed by atoms with Gasteiger partial charge in [-0.05, 0) is 54.8 Å². The van der Waals surface area contributed by atoms with Gasteiger partial charge in [0.25, 0.3) is 17.7 Å². The first kappa shape index (κ1) is 42.8. The molecule has 0 bridgehead atoms. The average Bonchev–Trinajstić information content (AvgIpc) is 2.97. The molecule has 0 aromatic carbocycles. The van der Waals surface area contributed by atoms with Crippen LogP contribution in [0.2, 0.25) is 0 Å². The van der Waals surface area contributed by atoms with Gasteiger partial charge in [0.15, 0.2) is 18.3 Å². The number of hydrogen-bond acceptors (Lipinski definition) is 9. The van der Waals surface area contributed by atoms with Crippen molar-refractivity contribution in [3.05, 3.63) is 0 Å². The lowest BCUT2D eigenvalue weighted by Gasteiger charge is -2.37. The van der Waals surface area contributed by atoms with Crippen molar-refractivity contribution in [3.8, 4) is 0 Å². The van der Waals surface area contributed by atoms with E-state index in [0.717, 1.165) is 0 Å². The van der Waals surface area contributed by atoms with Gasteiger partial charge in [0.05, 0.1) is 0 Å². The molecule has 1 rings (SSSR count). The molecule has 6 atom stereocenters. The number of rotatable bonds is 9. The van der Waals surface area contributed by atoms with Crippen LogP contribution in [-0.4, -0.2) is 108 Å². The number of amides is 3. The fraction of sp³-hybridized carbons (Fsp3) is 0.833. The molecule has 1 heterocycles. The maximum Gasteiger partial charge on any atom is 0.329 e. The zero-order valence-corrected chi connectivity index (χ0v) is 32.1. The highest BCUT2D eigenvalue weighted by atomic mass is 16.6. The summed E-state index contributed by atoms with van der Waals surface area (Å²) in [6, 6.07) is -3.26. The summed E-state index contributed by atoms with van der Waals surface area (Å²) < 4.78 is 17.7. The molecule has 1 aliphatic heterocycles. The molecule has 0 radical (unpaired) electrons. The Kier molecular flexibility index (Phi) is 16.6. The topological polar surface area (TPSA) is 140 Å². The van der Waals surface area contributed by atoms with Crippen LogP contribution < -0.4 is 0 Å². The number of nitrogens with zero attached hydrogens (tertiary/aromatic N) is 3. The molecule has 0 aliphatic carbocycles. The lowest BCUT2D eigenvalue weighted by molar-refractivity contribution is -0.180. The van der Waals surface area contributed by atoms with Crippen molar-refractivity contribution in [1.29, 1.82) is 0 Å². The van der Waals surface area contributed by atoms with Gasteiger partial charge in [-0.2, -0.15) is 0 Å². The van der Waals surface area contributed by atoms with E-state index < -0.39 is 89.8 Å². The van der Waals surface area contributed by atoms with Crippen molar-refractivity contribution in [1.82, 2.24) is 14.7 Å². The molecule has 0 aromatic rings. The highest BCUT2D eigenvalue weighted by Crippen LogP contribution is 2.25. The average molecular weight is 682 g/mol. The zero-order chi connectivity index (χ0) is 37.4. The first-order chi connectivity index (χ1) is 22.0. The highest BCUT2D eigenvalue weighted by Gasteiger charge is 2.44. The minimum atomic E-state index is -1.27. The van der Waals surface area contributed by atoms with Crippen LogP contribution in [0.1, 0.15) is 102 Å². The molecular formula is C36H63N3O9. The Bertz CT molecular complexity index is 996. The van der Waals surface area contributed by atoms with Crippen molar-refractivity contribution >= 4 is 35.6 Å². The normalized spacial score (nSPS) is 26.6. The standard InChI is InChI=1S/C36H63N3O9/c1-19(2)16-25-34(43)46-29(23(9)10)32(41)38(14)27(18-21(5)6)36(45)48-30(24(11)12)33(42)39(15)26(17-20(3)4)35(44)47-28(22(7)8)31(40)37(25)13/h19-30H,16-18H2,1-15H3/t25-,26-,27-,28+,29+,30+/m0/s1. The Balaban J connectivity index is 3.97. The Morgan fingerprint density at radius 3 is 0.750 bits per heavy atom. The van der Waals surface area contributed by atoms with Crippen LogP contribution in [0.15, 0.2) is 0 Å². The summed E-state index contributed by atoms with van der Waals surface area (Å²) in [5.74, 6) is -5.70. The Morgan fingerprint density at radius 1 is 0.417 bits per heavy atom. The molecule has 0 saturated carbocycles. The fourth-order valence-corrected chi connectivity index (χ4v) is 5.67. The molecule has 12 heteroatoms. The Labute approximate surface area is 288 Å². The monoisotopic (exact) mass is 681 g/mol. The first-order valence-electron chi connectivity index (χ1n) is 17.4. The summed E-state index contributed by atoms with van der Waals surface area (Å²) in [5, 5.41) is 0. The maximum atomic E-state index is 14.0. The van der Waals surface area contributed by atoms with Gasteiger partial charge in [-0.15, -0.1) is 0 Å². The van der Waals surface area contributed by atoms with E-state index in [0.29, 0.717) is 0 Å². The third-order valence-corrected chi connectivity index (χ3v) is 8.62. The van der Waals surface area contributed by atoms with Crippen LogP contribution in [0.3, 0.4) is 0 Å². The van der Waals surface area contributed by atoms with Gasteiger partial charge in [-0.25, -0.2) is 14.4 Å². The maximum absolute atomic E-state index is 14.0. The van der Waals surface area contributed by atoms with Gasteiger partial charge in [0, 0.05) is 21.1 Å². The lowest BCUT2D eigenvalue weighted by atomic mass is 9.98. The molecular weight excluding hydrogens is 618 g/mol. The van der Waals surface area contributed by atoms with Crippen molar-refractivity contribution < 1.29 is 43.0 Å². The molecule has 0 aromatic heterocycles. The molecule has 0 N–H and O–H groups in total. The smallest absolute Gasteiger partial charge is 0.329 e. The summed E-state index contributed by atoms with van der Waals surface area (Å²) in [4.78, 5) is 87.4. The second-order valence-electron chi connectivity index (χ2n) is 15.6. The predicted molar refractivity (Wildman–Crippen MR) is 182 cm³/mol. The molecule has 3 amide bonds. The van der Waals surface area contributed by atoms with Crippen molar-refractivity contribution in [2.75, 3.05) is 21.1 Å². The van der Waals surface area contributed by atoms with E-state index >= 15 is 0 Å². The van der Waals surface area contributed by atoms with Crippen LogP contribution in [-0.2, 0) is 43.0 Å². The number of cyclic esters (lactones) is 3. The molecule has 1 saturated heterocycles. The summed E-state index contributed by atoms with van der Waals surface area (Å²) in [6.07, 6.45) is -3.15. The number of carbonyl (C=O) groups is 6. The second-order valence-corrected chi connectivity index (χ2v) is 15.6. The van der Waals surface area contributed by atoms with Crippen molar-refractivity contribution in [2.24, 2.45) is 35.5 Å². The van der Waals surface area contributed by atoms with Gasteiger partial charge in [-0.1, -0.05) is 83.1 Å². The molecule has 1 fully saturated rings. The van der Waals surface area contributed by atoms with E-state index in [1.165, 1.54) is 35.8 Å². The quantitative estimate of drug-likeness (QED) is 0.257. The van der Waals surface area contributed by atoms with Crippen molar-refractivity contribution in [3.63, 3.8) is 0 Å². The Hall–Kier alpha value is -3.18. The minimum Gasteiger partial charge on any atom is -0.450 e. The third kappa shape index (κ3) is 11.5. The number of carbonyl (C=O) groups excluding carboxylic acids is 6. The minimum absolute atomic E-state index is 0.0410. The van der Waals surface area contributed by atoms with Gasteiger partial charge in [0.2, 0.25) is 0 Å². The summed E-state index contributed by atoms with van der Waals surface area (Å²) in [7, 11) is 4.37. The number of likely N-dealkylation sites (N-methyl/N-ethyl adjacent to an activating group) is 3. The molecule has 276 valence electrons. The van der Waals surface area contributed by atoms with Gasteiger partial charge < -0.3 is 28.9 Å². The van der Waals surface area contributed by atoms with Crippen LogP contribution >= 0.6 is 0 Å². The Morgan fingerprint density at radius 2 is 0.604 bits per heavy atom. The van der Waals surface area contributed by atoms with Gasteiger partial charge >= 0.3 is 17.9 Å². The van der Waals surface area contributed by atoms with Gasteiger partial charge in [0.1, 0.15) is 18.1 Å². The molecule has 12 nitrogen and oxygen atoms in total. The van der Waals surface area contributed by atoms with E-state index in [1.54, 1.807) is 41.5 Å². The van der Waals surface area contributed by atoms with Crippen LogP contribution in [0.25, 0.3) is 0 Å². The largest absolute Gasteiger partial charge is 0.450 e. The molecule has 48 heavy (non-hydrogen) atoms. The van der Waals surface area contributed by atoms with Crippen LogP contribution in [0, 0.1) is 35.5 Å². The third-order valence-electron chi connectivity index (χ3n) is 8.62. The van der Waals surface area contributed by atoms with Crippen molar-refractivity contribution in [2.45, 2.75) is 139 Å². The SMILES string of the molecule is CC(C)C[C@H]1C(=O)O[C@H](C(C)C)C(=O)N(C)[C@@H](CC(C)C)C(=O)O[C@H](C(C)C)C(=O)N(C)[C@@H](CC(C)C)C(=O)O[C@H](C(C)C)C(=O)N1C. The number of ether oxygens (including phenoxy) is 3. The van der Waals surface area contributed by atoms with E-state index in [1.807, 2.05) is 41.5 Å². The molecule has 0 spiro atoms. The van der Waals surface area contributed by atoms with Crippen LogP contribution in [0.5, 0.6) is 0 Å². The number of hydrogen-bond donors (Lipinski definition) is 0. The lowest BCUT2D eigenvalue weighted by Crippen LogP contribution is -2.56. The van der Waals surface area contributed by atoms with Crippen LogP contribution in [0.4, 0.5) is 0 Å². The summed E-state index contributed by atoms with van der Waals surface area (Å²) in [5.41, 5.74) is 0. The summed E-state index contributed by atoms with van der Waals surface area (Å²) >= 11 is 0. The molecule has 0 unspecified atom stereocenters. The second kappa shape index (κ2) is 18.5. The van der Waals surface area contributed by atoms with E-state index in [9.17, 15) is 28.8 Å². The summed E-state index contributed by atoms with van der Waals surface area (Å²) in [6.45, 7) is 21.7. The number of esters is 3. The fourth-order valence-electron chi connectivity index (χ4n) is 5.67.